The summed E-state index contributed by atoms with van der Waals surface area (Å²) in [7, 11) is 0. The van der Waals surface area contributed by atoms with Crippen molar-refractivity contribution in [1.29, 1.82) is 0 Å². The molecular weight excluding hydrogens is 447 g/mol. The first-order valence-corrected chi connectivity index (χ1v) is 11.9. The zero-order valence-corrected chi connectivity index (χ0v) is 20.0. The lowest BCUT2D eigenvalue weighted by atomic mass is 10.1. The number of anilines is 1. The Morgan fingerprint density at radius 2 is 1.97 bits per heavy atom. The number of carbonyl (C=O) groups excluding carboxylic acids is 1. The number of aliphatic hydroxyl groups excluding tert-OH is 1. The van der Waals surface area contributed by atoms with E-state index in [0.717, 1.165) is 12.8 Å². The van der Waals surface area contributed by atoms with E-state index >= 15 is 0 Å². The molecule has 1 heterocycles. The van der Waals surface area contributed by atoms with E-state index in [1.165, 1.54) is 6.07 Å². The normalized spacial score (nSPS) is 14.3. The number of piperidine rings is 1. The third-order valence-corrected chi connectivity index (χ3v) is 5.87. The van der Waals surface area contributed by atoms with Crippen LogP contribution in [0.15, 0.2) is 30.3 Å². The Morgan fingerprint density at radius 1 is 1.21 bits per heavy atom. The molecule has 0 aromatic heterocycles. The first-order chi connectivity index (χ1) is 15.9. The van der Waals surface area contributed by atoms with Crippen molar-refractivity contribution in [1.82, 2.24) is 5.32 Å². The van der Waals surface area contributed by atoms with Crippen LogP contribution in [0.3, 0.4) is 0 Å². The smallest absolute Gasteiger partial charge is 0.251 e. The lowest BCUT2D eigenvalue weighted by Gasteiger charge is -2.31. The number of hydrogen-bond acceptors (Lipinski definition) is 5. The fraction of sp³-hybridized carbons (Fsp3) is 0.480. The highest BCUT2D eigenvalue weighted by atomic mass is 35.5. The largest absolute Gasteiger partial charge is 0.490 e. The average Bonchev–Trinajstić information content (AvgIpc) is 2.80. The van der Waals surface area contributed by atoms with E-state index in [1.807, 2.05) is 11.8 Å². The quantitative estimate of drug-likeness (QED) is 0.473. The van der Waals surface area contributed by atoms with Crippen LogP contribution in [0.1, 0.15) is 55.5 Å². The van der Waals surface area contributed by atoms with Gasteiger partial charge in [0, 0.05) is 25.2 Å². The minimum absolute atomic E-state index is 0.172. The molecule has 2 aromatic rings. The minimum atomic E-state index is -0.340. The summed E-state index contributed by atoms with van der Waals surface area (Å²) < 4.78 is 26.1. The average molecular weight is 479 g/mol. The number of aliphatic hydroxyl groups is 1. The van der Waals surface area contributed by atoms with Crippen LogP contribution in [0.2, 0.25) is 5.02 Å². The maximum absolute atomic E-state index is 14.7. The predicted molar refractivity (Wildman–Crippen MR) is 128 cm³/mol. The SMILES string of the molecule is CCCCOc1c(Cl)cc(C(=O)NCc2ccc(N3CCC(O)CC3)c(F)c2)cc1OCC. The molecule has 2 N–H and O–H groups in total. The second-order valence-corrected chi connectivity index (χ2v) is 8.51. The van der Waals surface area contributed by atoms with Crippen molar-refractivity contribution < 1.29 is 23.8 Å². The molecule has 0 radical (unpaired) electrons. The highest BCUT2D eigenvalue weighted by molar-refractivity contribution is 6.32. The lowest BCUT2D eigenvalue weighted by molar-refractivity contribution is 0.0950. The Hall–Kier alpha value is -2.51. The van der Waals surface area contributed by atoms with Gasteiger partial charge in [0.2, 0.25) is 0 Å². The number of benzene rings is 2. The molecule has 0 spiro atoms. The van der Waals surface area contributed by atoms with Crippen molar-refractivity contribution in [3.05, 3.63) is 52.3 Å². The number of carbonyl (C=O) groups is 1. The van der Waals surface area contributed by atoms with Crippen LogP contribution in [0.25, 0.3) is 0 Å². The number of nitrogens with one attached hydrogen (secondary N) is 1. The number of hydrogen-bond donors (Lipinski definition) is 2. The Kier molecular flexibility index (Phi) is 9.21. The van der Waals surface area contributed by atoms with E-state index in [9.17, 15) is 14.3 Å². The number of unbranched alkanes of at least 4 members (excludes halogenated alkanes) is 1. The fourth-order valence-corrected chi connectivity index (χ4v) is 3.99. The highest BCUT2D eigenvalue weighted by Gasteiger charge is 2.20. The van der Waals surface area contributed by atoms with Gasteiger partial charge < -0.3 is 24.8 Å². The van der Waals surface area contributed by atoms with Gasteiger partial charge >= 0.3 is 0 Å². The number of ether oxygens (including phenoxy) is 2. The second-order valence-electron chi connectivity index (χ2n) is 8.11. The first kappa shape index (κ1) is 25.1. The molecule has 1 fully saturated rings. The maximum atomic E-state index is 14.7. The van der Waals surface area contributed by atoms with Gasteiger partial charge in [-0.05, 0) is 56.0 Å². The van der Waals surface area contributed by atoms with Gasteiger partial charge in [-0.2, -0.15) is 0 Å². The molecule has 1 aliphatic rings. The minimum Gasteiger partial charge on any atom is -0.490 e. The molecule has 6 nitrogen and oxygen atoms in total. The van der Waals surface area contributed by atoms with Gasteiger partial charge in [-0.3, -0.25) is 4.79 Å². The Bertz CT molecular complexity index is 948. The summed E-state index contributed by atoms with van der Waals surface area (Å²) in [5, 5.41) is 12.8. The van der Waals surface area contributed by atoms with E-state index in [4.69, 9.17) is 21.1 Å². The van der Waals surface area contributed by atoms with E-state index < -0.39 is 0 Å². The summed E-state index contributed by atoms with van der Waals surface area (Å²) in [4.78, 5) is 14.7. The van der Waals surface area contributed by atoms with Crippen LogP contribution in [0.4, 0.5) is 10.1 Å². The summed E-state index contributed by atoms with van der Waals surface area (Å²) in [6, 6.07) is 8.12. The van der Waals surface area contributed by atoms with Crippen LogP contribution < -0.4 is 19.7 Å². The molecule has 0 aliphatic carbocycles. The summed E-state index contributed by atoms with van der Waals surface area (Å²) in [5.74, 6) is 0.181. The number of rotatable bonds is 10. The van der Waals surface area contributed by atoms with Crippen LogP contribution in [0.5, 0.6) is 11.5 Å². The van der Waals surface area contributed by atoms with Gasteiger partial charge in [0.25, 0.3) is 5.91 Å². The van der Waals surface area contributed by atoms with Gasteiger partial charge in [-0.15, -0.1) is 0 Å². The highest BCUT2D eigenvalue weighted by Crippen LogP contribution is 2.37. The predicted octanol–water partition coefficient (Wildman–Crippen LogP) is 4.95. The van der Waals surface area contributed by atoms with Crippen molar-refractivity contribution in [2.75, 3.05) is 31.2 Å². The van der Waals surface area contributed by atoms with E-state index in [1.54, 1.807) is 24.3 Å². The van der Waals surface area contributed by atoms with E-state index in [-0.39, 0.29) is 24.4 Å². The third-order valence-electron chi connectivity index (χ3n) is 5.59. The maximum Gasteiger partial charge on any atom is 0.251 e. The molecule has 1 saturated heterocycles. The molecule has 1 aliphatic heterocycles. The third kappa shape index (κ3) is 6.74. The van der Waals surface area contributed by atoms with Crippen molar-refractivity contribution in [3.63, 3.8) is 0 Å². The van der Waals surface area contributed by atoms with Crippen molar-refractivity contribution >= 4 is 23.2 Å². The molecule has 3 rings (SSSR count). The van der Waals surface area contributed by atoms with Gasteiger partial charge in [0.15, 0.2) is 11.5 Å². The summed E-state index contributed by atoms with van der Waals surface area (Å²) in [5.41, 5.74) is 1.51. The molecule has 180 valence electrons. The van der Waals surface area contributed by atoms with Crippen LogP contribution in [-0.2, 0) is 6.54 Å². The summed E-state index contributed by atoms with van der Waals surface area (Å²) in [6.45, 7) is 6.26. The molecular formula is C25H32ClFN2O4. The van der Waals surface area contributed by atoms with Gasteiger partial charge in [0.1, 0.15) is 5.82 Å². The topological polar surface area (TPSA) is 71.0 Å². The van der Waals surface area contributed by atoms with E-state index in [0.29, 0.717) is 72.5 Å². The van der Waals surface area contributed by atoms with E-state index in [2.05, 4.69) is 12.2 Å². The molecule has 0 saturated carbocycles. The van der Waals surface area contributed by atoms with Crippen LogP contribution in [0, 0.1) is 5.82 Å². The summed E-state index contributed by atoms with van der Waals surface area (Å²) >= 11 is 6.38. The molecule has 1 amide bonds. The Morgan fingerprint density at radius 3 is 2.64 bits per heavy atom. The molecule has 0 unspecified atom stereocenters. The number of halogens is 2. The second kappa shape index (κ2) is 12.1. The molecule has 0 atom stereocenters. The molecule has 33 heavy (non-hydrogen) atoms. The Labute approximate surface area is 199 Å². The number of amides is 1. The zero-order chi connectivity index (χ0) is 23.8. The van der Waals surface area contributed by atoms with Gasteiger partial charge in [-0.25, -0.2) is 4.39 Å². The first-order valence-electron chi connectivity index (χ1n) is 11.5. The lowest BCUT2D eigenvalue weighted by Crippen LogP contribution is -2.36. The van der Waals surface area contributed by atoms with Crippen molar-refractivity contribution in [2.45, 2.75) is 52.2 Å². The summed E-state index contributed by atoms with van der Waals surface area (Å²) in [6.07, 6.45) is 2.83. The fourth-order valence-electron chi connectivity index (χ4n) is 3.73. The Balaban J connectivity index is 1.65. The molecule has 8 heteroatoms. The van der Waals surface area contributed by atoms with Crippen LogP contribution >= 0.6 is 11.6 Å². The monoisotopic (exact) mass is 478 g/mol. The molecule has 0 bridgehead atoms. The molecule has 2 aromatic carbocycles. The van der Waals surface area contributed by atoms with Crippen LogP contribution in [-0.4, -0.2) is 43.4 Å². The van der Waals surface area contributed by atoms with Crippen molar-refractivity contribution in [3.8, 4) is 11.5 Å². The number of nitrogens with zero attached hydrogens (tertiary/aromatic N) is 1. The van der Waals surface area contributed by atoms with Crippen molar-refractivity contribution in [2.24, 2.45) is 0 Å². The van der Waals surface area contributed by atoms with Gasteiger partial charge in [0.05, 0.1) is 30.0 Å². The van der Waals surface area contributed by atoms with Gasteiger partial charge in [-0.1, -0.05) is 31.0 Å². The zero-order valence-electron chi connectivity index (χ0n) is 19.2. The standard InChI is InChI=1S/C25H32ClFN2O4/c1-3-5-12-33-24-20(26)14-18(15-23(24)32-4-2)25(31)28-16-17-6-7-22(21(27)13-17)29-10-8-19(30)9-11-29/h6-7,13-15,19,30H,3-5,8-12,16H2,1-2H3,(H,28,31).